The molecule has 0 aliphatic rings. The molecule has 0 radical (unpaired) electrons. The van der Waals surface area contributed by atoms with Crippen molar-refractivity contribution in [2.75, 3.05) is 13.2 Å². The Balaban J connectivity index is 2.78. The summed E-state index contributed by atoms with van der Waals surface area (Å²) in [7, 11) is 0. The van der Waals surface area contributed by atoms with Gasteiger partial charge in [-0.1, -0.05) is 18.2 Å². The summed E-state index contributed by atoms with van der Waals surface area (Å²) in [5.74, 6) is -2.34. The Labute approximate surface area is 93.9 Å². The lowest BCUT2D eigenvalue weighted by Gasteiger charge is -2.13. The van der Waals surface area contributed by atoms with Gasteiger partial charge in [-0.3, -0.25) is 4.79 Å². The topological polar surface area (TPSA) is 46.5 Å². The molecule has 1 N–H and O–H groups in total. The highest BCUT2D eigenvalue weighted by molar-refractivity contribution is 5.76. The van der Waals surface area contributed by atoms with Crippen molar-refractivity contribution >= 4 is 5.97 Å². The van der Waals surface area contributed by atoms with Crippen LogP contribution in [0.25, 0.3) is 0 Å². The summed E-state index contributed by atoms with van der Waals surface area (Å²) in [6, 6.07) is 5.95. The molecule has 1 atom stereocenters. The SMILES string of the molecule is CCOCCC(C(=O)O)c1ccccc1F. The number of halogens is 1. The summed E-state index contributed by atoms with van der Waals surface area (Å²) < 4.78 is 18.5. The van der Waals surface area contributed by atoms with Crippen LogP contribution in [0.2, 0.25) is 0 Å². The second-order valence-corrected chi connectivity index (χ2v) is 3.40. The minimum atomic E-state index is -1.02. The second kappa shape index (κ2) is 6.23. The molecule has 0 aromatic heterocycles. The fourth-order valence-corrected chi connectivity index (χ4v) is 1.52. The van der Waals surface area contributed by atoms with Crippen LogP contribution in [0.3, 0.4) is 0 Å². The number of rotatable bonds is 6. The van der Waals surface area contributed by atoms with Gasteiger partial charge in [-0.2, -0.15) is 0 Å². The normalized spacial score (nSPS) is 12.4. The van der Waals surface area contributed by atoms with Crippen LogP contribution in [0.5, 0.6) is 0 Å². The number of aliphatic carboxylic acids is 1. The molecule has 3 nitrogen and oxygen atoms in total. The molecule has 4 heteroatoms. The van der Waals surface area contributed by atoms with Crippen molar-refractivity contribution in [2.45, 2.75) is 19.3 Å². The van der Waals surface area contributed by atoms with Gasteiger partial charge in [-0.15, -0.1) is 0 Å². The summed E-state index contributed by atoms with van der Waals surface area (Å²) in [5.41, 5.74) is 0.217. The maximum Gasteiger partial charge on any atom is 0.311 e. The van der Waals surface area contributed by atoms with Crippen LogP contribution in [-0.4, -0.2) is 24.3 Å². The summed E-state index contributed by atoms with van der Waals surface area (Å²) in [6.07, 6.45) is 0.282. The fraction of sp³-hybridized carbons (Fsp3) is 0.417. The average Bonchev–Trinajstić information content (AvgIpc) is 2.25. The third-order valence-corrected chi connectivity index (χ3v) is 2.33. The van der Waals surface area contributed by atoms with E-state index in [0.29, 0.717) is 13.2 Å². The molecule has 88 valence electrons. The Morgan fingerprint density at radius 2 is 2.19 bits per heavy atom. The minimum Gasteiger partial charge on any atom is -0.481 e. The first-order valence-electron chi connectivity index (χ1n) is 5.21. The van der Waals surface area contributed by atoms with Crippen LogP contribution in [0.1, 0.15) is 24.8 Å². The van der Waals surface area contributed by atoms with Crippen molar-refractivity contribution in [1.29, 1.82) is 0 Å². The van der Waals surface area contributed by atoms with E-state index in [1.54, 1.807) is 12.1 Å². The first-order valence-corrected chi connectivity index (χ1v) is 5.21. The minimum absolute atomic E-state index is 0.217. The zero-order valence-electron chi connectivity index (χ0n) is 9.15. The van der Waals surface area contributed by atoms with Crippen molar-refractivity contribution < 1.29 is 19.0 Å². The van der Waals surface area contributed by atoms with Gasteiger partial charge < -0.3 is 9.84 Å². The number of benzene rings is 1. The van der Waals surface area contributed by atoms with E-state index < -0.39 is 17.7 Å². The molecule has 1 unspecified atom stereocenters. The van der Waals surface area contributed by atoms with Gasteiger partial charge in [0, 0.05) is 18.8 Å². The van der Waals surface area contributed by atoms with Crippen LogP contribution >= 0.6 is 0 Å². The third kappa shape index (κ3) is 3.31. The number of carboxylic acid groups (broad SMARTS) is 1. The highest BCUT2D eigenvalue weighted by Crippen LogP contribution is 2.22. The van der Waals surface area contributed by atoms with Crippen LogP contribution < -0.4 is 0 Å². The molecule has 16 heavy (non-hydrogen) atoms. The average molecular weight is 226 g/mol. The van der Waals surface area contributed by atoms with E-state index >= 15 is 0 Å². The van der Waals surface area contributed by atoms with Crippen molar-refractivity contribution in [1.82, 2.24) is 0 Å². The largest absolute Gasteiger partial charge is 0.481 e. The van der Waals surface area contributed by atoms with Crippen LogP contribution in [0.15, 0.2) is 24.3 Å². The maximum atomic E-state index is 13.4. The number of ether oxygens (including phenoxy) is 1. The quantitative estimate of drug-likeness (QED) is 0.758. The molecule has 1 aromatic carbocycles. The number of hydrogen-bond acceptors (Lipinski definition) is 2. The van der Waals surface area contributed by atoms with Gasteiger partial charge in [0.1, 0.15) is 5.82 Å². The summed E-state index contributed by atoms with van der Waals surface area (Å²) in [6.45, 7) is 2.68. The van der Waals surface area contributed by atoms with Gasteiger partial charge in [0.05, 0.1) is 5.92 Å². The molecule has 0 aliphatic heterocycles. The molecule has 0 spiro atoms. The second-order valence-electron chi connectivity index (χ2n) is 3.40. The molecule has 0 fully saturated rings. The van der Waals surface area contributed by atoms with Gasteiger partial charge >= 0.3 is 5.97 Å². The van der Waals surface area contributed by atoms with Crippen LogP contribution in [-0.2, 0) is 9.53 Å². The summed E-state index contributed by atoms with van der Waals surface area (Å²) in [4.78, 5) is 11.0. The molecular weight excluding hydrogens is 211 g/mol. The Bertz CT molecular complexity index is 352. The highest BCUT2D eigenvalue weighted by Gasteiger charge is 2.22. The van der Waals surface area contributed by atoms with Gasteiger partial charge in [0.15, 0.2) is 0 Å². The number of carboxylic acids is 1. The Morgan fingerprint density at radius 3 is 2.75 bits per heavy atom. The van der Waals surface area contributed by atoms with Crippen molar-refractivity contribution in [2.24, 2.45) is 0 Å². The van der Waals surface area contributed by atoms with E-state index in [1.807, 2.05) is 6.92 Å². The molecule has 0 amide bonds. The van der Waals surface area contributed by atoms with Gasteiger partial charge in [0.25, 0.3) is 0 Å². The van der Waals surface area contributed by atoms with Crippen LogP contribution in [0, 0.1) is 5.82 Å². The van der Waals surface area contributed by atoms with E-state index in [4.69, 9.17) is 9.84 Å². The van der Waals surface area contributed by atoms with Crippen molar-refractivity contribution in [3.8, 4) is 0 Å². The molecule has 0 aliphatic carbocycles. The van der Waals surface area contributed by atoms with E-state index in [2.05, 4.69) is 0 Å². The predicted molar refractivity (Wildman–Crippen MR) is 57.9 cm³/mol. The van der Waals surface area contributed by atoms with E-state index in [-0.39, 0.29) is 12.0 Å². The zero-order chi connectivity index (χ0) is 12.0. The molecule has 0 saturated heterocycles. The van der Waals surface area contributed by atoms with E-state index in [9.17, 15) is 9.18 Å². The van der Waals surface area contributed by atoms with Crippen molar-refractivity contribution in [3.63, 3.8) is 0 Å². The molecule has 0 heterocycles. The predicted octanol–water partition coefficient (Wildman–Crippen LogP) is 2.42. The van der Waals surface area contributed by atoms with Crippen LogP contribution in [0.4, 0.5) is 4.39 Å². The Morgan fingerprint density at radius 1 is 1.50 bits per heavy atom. The highest BCUT2D eigenvalue weighted by atomic mass is 19.1. The smallest absolute Gasteiger partial charge is 0.311 e. The van der Waals surface area contributed by atoms with Crippen molar-refractivity contribution in [3.05, 3.63) is 35.6 Å². The molecule has 1 aromatic rings. The lowest BCUT2D eigenvalue weighted by molar-refractivity contribution is -0.139. The number of carbonyl (C=O) groups is 1. The standard InChI is InChI=1S/C12H15FO3/c1-2-16-8-7-10(12(14)15)9-5-3-4-6-11(9)13/h3-6,10H,2,7-8H2,1H3,(H,14,15). The summed E-state index contributed by atoms with van der Waals surface area (Å²) >= 11 is 0. The fourth-order valence-electron chi connectivity index (χ4n) is 1.52. The molecule has 0 saturated carbocycles. The van der Waals surface area contributed by atoms with E-state index in [0.717, 1.165) is 0 Å². The van der Waals surface area contributed by atoms with Gasteiger partial charge in [-0.05, 0) is 19.4 Å². The van der Waals surface area contributed by atoms with Gasteiger partial charge in [-0.25, -0.2) is 4.39 Å². The lowest BCUT2D eigenvalue weighted by atomic mass is 9.96. The van der Waals surface area contributed by atoms with E-state index in [1.165, 1.54) is 12.1 Å². The monoisotopic (exact) mass is 226 g/mol. The molecule has 1 rings (SSSR count). The Hall–Kier alpha value is -1.42. The first kappa shape index (κ1) is 12.6. The third-order valence-electron chi connectivity index (χ3n) is 2.33. The Kier molecular flexibility index (Phi) is 4.92. The zero-order valence-corrected chi connectivity index (χ0v) is 9.15. The molecule has 0 bridgehead atoms. The molecular formula is C12H15FO3. The first-order chi connectivity index (χ1) is 7.66. The lowest BCUT2D eigenvalue weighted by Crippen LogP contribution is -2.15. The summed E-state index contributed by atoms with van der Waals surface area (Å²) in [5, 5.41) is 9.03. The van der Waals surface area contributed by atoms with Gasteiger partial charge in [0.2, 0.25) is 0 Å². The maximum absolute atomic E-state index is 13.4. The number of hydrogen-bond donors (Lipinski definition) is 1.